The van der Waals surface area contributed by atoms with Crippen molar-refractivity contribution >= 4 is 34.9 Å². The van der Waals surface area contributed by atoms with Gasteiger partial charge in [-0.15, -0.1) is 0 Å². The van der Waals surface area contributed by atoms with Gasteiger partial charge in [-0.3, -0.25) is 0 Å². The SMILES string of the molecule is C[C@@H]1C[C@H](C)CN(c2cc(N3CCCCC3)nc(NC(=S)N[C@@H](C)c3ccccc3)n2)C1. The standard InChI is InChI=1S/C25H36N6S/c1-18-14-19(2)17-31(16-18)23-15-22(30-12-8-5-9-13-30)27-24(28-23)29-25(32)26-20(3)21-10-6-4-7-11-21/h4,6-7,10-11,15,18-20H,5,8-9,12-14,16-17H2,1-3H3,(H2,26,27,28,29,32)/t18-,19+,20-/m0/s1. The Hall–Kier alpha value is -2.41. The van der Waals surface area contributed by atoms with Gasteiger partial charge in [0.25, 0.3) is 0 Å². The molecule has 7 heteroatoms. The predicted molar refractivity (Wildman–Crippen MR) is 137 cm³/mol. The first-order valence-electron chi connectivity index (χ1n) is 12.0. The van der Waals surface area contributed by atoms with Crippen LogP contribution < -0.4 is 20.4 Å². The molecule has 2 aliphatic heterocycles. The summed E-state index contributed by atoms with van der Waals surface area (Å²) in [5, 5.41) is 7.18. The first kappa shape index (κ1) is 22.8. The van der Waals surface area contributed by atoms with E-state index in [-0.39, 0.29) is 6.04 Å². The zero-order chi connectivity index (χ0) is 22.5. The number of nitrogens with one attached hydrogen (secondary N) is 2. The van der Waals surface area contributed by atoms with Gasteiger partial charge in [0.1, 0.15) is 11.6 Å². The van der Waals surface area contributed by atoms with Crippen LogP contribution in [0.1, 0.15) is 58.1 Å². The summed E-state index contributed by atoms with van der Waals surface area (Å²) < 4.78 is 0. The van der Waals surface area contributed by atoms with Crippen LogP contribution in [0.2, 0.25) is 0 Å². The lowest BCUT2D eigenvalue weighted by atomic mass is 9.92. The number of aromatic nitrogens is 2. The van der Waals surface area contributed by atoms with E-state index in [1.54, 1.807) is 0 Å². The summed E-state index contributed by atoms with van der Waals surface area (Å²) in [5.41, 5.74) is 1.19. The van der Waals surface area contributed by atoms with Crippen LogP contribution >= 0.6 is 12.2 Å². The van der Waals surface area contributed by atoms with Gasteiger partial charge >= 0.3 is 0 Å². The minimum absolute atomic E-state index is 0.102. The van der Waals surface area contributed by atoms with Crippen molar-refractivity contribution in [1.29, 1.82) is 0 Å². The third-order valence-electron chi connectivity index (χ3n) is 6.44. The molecule has 6 nitrogen and oxygen atoms in total. The van der Waals surface area contributed by atoms with Gasteiger partial charge in [0.2, 0.25) is 5.95 Å². The molecule has 0 aliphatic carbocycles. The average molecular weight is 453 g/mol. The summed E-state index contributed by atoms with van der Waals surface area (Å²) >= 11 is 5.62. The summed E-state index contributed by atoms with van der Waals surface area (Å²) in [6.45, 7) is 10.9. The Morgan fingerprint density at radius 1 is 0.969 bits per heavy atom. The Morgan fingerprint density at radius 3 is 2.25 bits per heavy atom. The summed E-state index contributed by atoms with van der Waals surface area (Å²) in [6.07, 6.45) is 5.01. The van der Waals surface area contributed by atoms with Crippen molar-refractivity contribution in [3.63, 3.8) is 0 Å². The summed E-state index contributed by atoms with van der Waals surface area (Å²) in [7, 11) is 0. The third-order valence-corrected chi connectivity index (χ3v) is 6.66. The molecule has 0 bridgehead atoms. The molecule has 2 aliphatic rings. The fourth-order valence-corrected chi connectivity index (χ4v) is 5.20. The van der Waals surface area contributed by atoms with Crippen molar-refractivity contribution in [3.05, 3.63) is 42.0 Å². The summed E-state index contributed by atoms with van der Waals surface area (Å²) in [5.74, 6) is 3.91. The van der Waals surface area contributed by atoms with Crippen LogP contribution in [0.15, 0.2) is 36.4 Å². The first-order chi connectivity index (χ1) is 15.5. The van der Waals surface area contributed by atoms with E-state index in [0.29, 0.717) is 22.9 Å². The molecule has 2 aromatic rings. The lowest BCUT2D eigenvalue weighted by Crippen LogP contribution is -2.40. The van der Waals surface area contributed by atoms with Crippen molar-refractivity contribution in [2.24, 2.45) is 11.8 Å². The highest BCUT2D eigenvalue weighted by molar-refractivity contribution is 7.80. The molecule has 0 spiro atoms. The Balaban J connectivity index is 1.53. The average Bonchev–Trinajstić information content (AvgIpc) is 2.79. The number of anilines is 3. The first-order valence-corrected chi connectivity index (χ1v) is 12.4. The van der Waals surface area contributed by atoms with Crippen LogP contribution in [-0.4, -0.2) is 41.3 Å². The lowest BCUT2D eigenvalue weighted by Gasteiger charge is -2.36. The van der Waals surface area contributed by atoms with Crippen molar-refractivity contribution < 1.29 is 0 Å². The molecule has 32 heavy (non-hydrogen) atoms. The van der Waals surface area contributed by atoms with Crippen molar-refractivity contribution in [1.82, 2.24) is 15.3 Å². The van der Waals surface area contributed by atoms with E-state index in [2.05, 4.69) is 59.4 Å². The molecule has 172 valence electrons. The molecule has 2 saturated heterocycles. The molecule has 3 atom stereocenters. The maximum atomic E-state index is 5.62. The molecule has 0 radical (unpaired) electrons. The van der Waals surface area contributed by atoms with Gasteiger partial charge in [0.05, 0.1) is 6.04 Å². The molecule has 2 N–H and O–H groups in total. The van der Waals surface area contributed by atoms with Crippen molar-refractivity contribution in [3.8, 4) is 0 Å². The van der Waals surface area contributed by atoms with Crippen LogP contribution in [0, 0.1) is 11.8 Å². The molecule has 4 rings (SSSR count). The van der Waals surface area contributed by atoms with E-state index in [1.807, 2.05) is 18.2 Å². The van der Waals surface area contributed by atoms with Crippen LogP contribution in [-0.2, 0) is 0 Å². The predicted octanol–water partition coefficient (Wildman–Crippen LogP) is 5.00. The van der Waals surface area contributed by atoms with Gasteiger partial charge in [-0.25, -0.2) is 0 Å². The topological polar surface area (TPSA) is 56.3 Å². The summed E-state index contributed by atoms with van der Waals surface area (Å²) in [4.78, 5) is 14.6. The fourth-order valence-electron chi connectivity index (χ4n) is 4.93. The van der Waals surface area contributed by atoms with Crippen LogP contribution in [0.4, 0.5) is 17.6 Å². The monoisotopic (exact) mass is 452 g/mol. The molecule has 1 aromatic heterocycles. The Morgan fingerprint density at radius 2 is 1.59 bits per heavy atom. The van der Waals surface area contributed by atoms with Gasteiger partial charge in [-0.2, -0.15) is 9.97 Å². The molecular formula is C25H36N6S. The zero-order valence-corrected chi connectivity index (χ0v) is 20.4. The number of hydrogen-bond acceptors (Lipinski definition) is 5. The highest BCUT2D eigenvalue weighted by Gasteiger charge is 2.25. The molecule has 3 heterocycles. The Labute approximate surface area is 197 Å². The largest absolute Gasteiger partial charge is 0.356 e. The number of benzene rings is 1. The number of nitrogens with zero attached hydrogens (tertiary/aromatic N) is 4. The normalized spacial score (nSPS) is 22.3. The number of rotatable bonds is 5. The Kier molecular flexibility index (Phi) is 7.45. The molecule has 2 fully saturated rings. The number of piperidine rings is 2. The van der Waals surface area contributed by atoms with Gasteiger partial charge in [0.15, 0.2) is 5.11 Å². The van der Waals surface area contributed by atoms with Crippen LogP contribution in [0.25, 0.3) is 0 Å². The highest BCUT2D eigenvalue weighted by atomic mass is 32.1. The molecule has 1 aromatic carbocycles. The minimum Gasteiger partial charge on any atom is -0.356 e. The summed E-state index contributed by atoms with van der Waals surface area (Å²) in [6, 6.07) is 12.6. The van der Waals surface area contributed by atoms with Crippen molar-refractivity contribution in [2.75, 3.05) is 41.3 Å². The number of thiocarbonyl (C=S) groups is 1. The van der Waals surface area contributed by atoms with E-state index >= 15 is 0 Å². The second-order valence-corrected chi connectivity index (χ2v) is 9.95. The van der Waals surface area contributed by atoms with Gasteiger partial charge < -0.3 is 20.4 Å². The highest BCUT2D eigenvalue weighted by Crippen LogP contribution is 2.29. The maximum Gasteiger partial charge on any atom is 0.232 e. The van der Waals surface area contributed by atoms with E-state index in [0.717, 1.165) is 37.8 Å². The smallest absolute Gasteiger partial charge is 0.232 e. The van der Waals surface area contributed by atoms with Crippen molar-refractivity contribution in [2.45, 2.75) is 52.5 Å². The number of hydrogen-bond donors (Lipinski definition) is 2. The van der Waals surface area contributed by atoms with Gasteiger partial charge in [-0.05, 0) is 62.2 Å². The molecule has 0 amide bonds. The fraction of sp³-hybridized carbons (Fsp3) is 0.560. The van der Waals surface area contributed by atoms with Gasteiger partial charge in [0, 0.05) is 32.2 Å². The molecule has 0 unspecified atom stereocenters. The molecular weight excluding hydrogens is 416 g/mol. The second-order valence-electron chi connectivity index (χ2n) is 9.54. The molecule has 0 saturated carbocycles. The van der Waals surface area contributed by atoms with Crippen LogP contribution in [0.5, 0.6) is 0 Å². The third kappa shape index (κ3) is 5.88. The van der Waals surface area contributed by atoms with Crippen LogP contribution in [0.3, 0.4) is 0 Å². The van der Waals surface area contributed by atoms with E-state index < -0.39 is 0 Å². The maximum absolute atomic E-state index is 5.62. The second kappa shape index (κ2) is 10.5. The Bertz CT molecular complexity index is 889. The van der Waals surface area contributed by atoms with E-state index in [4.69, 9.17) is 22.2 Å². The van der Waals surface area contributed by atoms with E-state index in [1.165, 1.54) is 31.2 Å². The quantitative estimate of drug-likeness (QED) is 0.619. The zero-order valence-electron chi connectivity index (χ0n) is 19.6. The lowest BCUT2D eigenvalue weighted by molar-refractivity contribution is 0.355. The van der Waals surface area contributed by atoms with Gasteiger partial charge in [-0.1, -0.05) is 44.2 Å². The van der Waals surface area contributed by atoms with E-state index in [9.17, 15) is 0 Å². The minimum atomic E-state index is 0.102.